The van der Waals surface area contributed by atoms with Crippen LogP contribution < -0.4 is 108 Å². The highest BCUT2D eigenvalue weighted by Gasteiger charge is 2.40. The number of rotatable bonds is 55. The summed E-state index contributed by atoms with van der Waals surface area (Å²) in [6.07, 6.45) is 4.83. The summed E-state index contributed by atoms with van der Waals surface area (Å²) >= 11 is 0. The smallest absolute Gasteiger partial charge is 0.244 e. The maximum atomic E-state index is 15.2. The number of nitrogens with two attached hydrogens (primary N) is 4. The molecule has 0 radical (unpaired) electrons. The molecule has 41 nitrogen and oxygen atoms in total. The molecule has 0 saturated heterocycles. The number of guanidine groups is 4. The molecule has 121 heavy (non-hydrogen) atoms. The lowest BCUT2D eigenvalue weighted by atomic mass is 9.92. The first kappa shape index (κ1) is 101. The van der Waals surface area contributed by atoms with E-state index in [0.29, 0.717) is 28.8 Å². The molecular weight excluding hydrogens is 1570 g/mol. The third kappa shape index (κ3) is 37.3. The van der Waals surface area contributed by atoms with Crippen molar-refractivity contribution in [2.45, 2.75) is 224 Å². The fourth-order valence-electron chi connectivity index (χ4n) is 12.9. The number of aromatic hydroxyl groups is 2. The van der Waals surface area contributed by atoms with Crippen LogP contribution in [0.3, 0.4) is 0 Å². The largest absolute Gasteiger partial charge is 0.508 e. The average molecular weight is 1690 g/mol. The van der Waals surface area contributed by atoms with E-state index in [9.17, 15) is 53.7 Å². The number of hydrogen-bond donors (Lipinski definition) is 28. The van der Waals surface area contributed by atoms with Crippen LogP contribution in [0, 0.1) is 33.5 Å². The SMILES string of the molecule is CCCCCNC(=O)[C@H](CO)NC(=O)C(NC(=O)[C@H](CCCNC(=N)N)NC(=O)[C@H](CCCNC(=N)N)NC(=O)[C@H](Cc1ccc(O)cc1)NC(=O)[C@@H](NC(=O)[C@H](CCCNC(=N)N)NC(=O)[C@H](NC(=O)[C@H](Cc1ccccc1)NC(=O)[C@H](Cc1ccc(O)cc1)NC(=O)[C@H](CCCNC(=N)N)NC(C)=O)C(C)C)[C@@H](C)CC)C(CC)c1c[nH]cn1. The van der Waals surface area contributed by atoms with Gasteiger partial charge in [0.2, 0.25) is 70.9 Å². The van der Waals surface area contributed by atoms with Crippen molar-refractivity contribution in [1.82, 2.24) is 95.0 Å². The van der Waals surface area contributed by atoms with Crippen molar-refractivity contribution in [3.63, 3.8) is 0 Å². The first-order chi connectivity index (χ1) is 57.6. The zero-order chi connectivity index (χ0) is 89.7. The number of amides is 12. The van der Waals surface area contributed by atoms with Gasteiger partial charge in [-0.1, -0.05) is 115 Å². The minimum Gasteiger partial charge on any atom is -0.508 e. The standard InChI is InChI=1S/C80H126N26O15/c1-8-11-15-34-90-66(111)62(43-107)103-76(121)65(53(10-3)61-42-89-44-95-61)106-70(115)56(24-18-37-93-79(85)86)97-68(113)55(23-17-36-92-78(83)84)98-71(116)59(41-50-28-32-52(110)33-29-50)102-75(120)64(46(6)9-2)105-69(114)57(25-19-38-94-80(87)88)99-74(119)63(45(4)5)104-73(118)60(39-48-20-13-12-14-21-48)101-72(117)58(40-49-26-30-51(109)31-27-49)100-67(112)54(96-47(7)108)22-16-35-91-77(81)82/h12-14,20-21,26-33,42,44-46,53-60,62-65,107,109-110H,8-11,15-19,22-25,34-41,43H2,1-7H3,(H,89,95)(H,90,111)(H,96,108)(H,97,113)(H,98,116)(H,99,119)(H,100,112)(H,101,117)(H,102,120)(H,103,121)(H,104,118)(H,105,114)(H,106,115)(H4,81,82,91)(H4,83,84,92)(H4,85,86,93)(H4,87,88,94)/t46-,53?,54-,55-,56-,57-,58-,59-,60-,62-,63+,64-,65?/m0/s1. The van der Waals surface area contributed by atoms with E-state index in [1.807, 2.05) is 6.92 Å². The highest BCUT2D eigenvalue weighted by Crippen LogP contribution is 2.24. The third-order valence-corrected chi connectivity index (χ3v) is 19.7. The Bertz CT molecular complexity index is 4030. The number of nitrogens with zero attached hydrogens (tertiary/aromatic N) is 1. The number of unbranched alkanes of at least 4 members (excludes halogenated alkanes) is 2. The number of hydrogen-bond acceptors (Lipinski definition) is 20. The number of phenolic OH excluding ortho intramolecular Hbond substituents is 2. The van der Waals surface area contributed by atoms with E-state index in [2.05, 4.69) is 95.0 Å². The molecule has 1 heterocycles. The lowest BCUT2D eigenvalue weighted by Crippen LogP contribution is -2.62. The molecule has 0 saturated carbocycles. The molecule has 0 aliphatic heterocycles. The molecule has 4 rings (SSSR count). The van der Waals surface area contributed by atoms with Crippen molar-refractivity contribution in [2.75, 3.05) is 39.3 Å². The van der Waals surface area contributed by atoms with Gasteiger partial charge in [0.15, 0.2) is 23.8 Å². The van der Waals surface area contributed by atoms with Crippen LogP contribution in [0.4, 0.5) is 0 Å². The second kappa shape index (κ2) is 53.6. The van der Waals surface area contributed by atoms with Gasteiger partial charge >= 0.3 is 0 Å². The number of H-pyrrole nitrogens is 1. The Morgan fingerprint density at radius 3 is 1.11 bits per heavy atom. The number of aliphatic hydroxyl groups is 1. The molecule has 0 aliphatic rings. The number of aromatic amines is 1. The lowest BCUT2D eigenvalue weighted by Gasteiger charge is -2.31. The Kier molecular flexibility index (Phi) is 44.5. The fraction of sp³-hybridized carbons (Fsp3) is 0.537. The van der Waals surface area contributed by atoms with Crippen molar-refractivity contribution >= 4 is 94.7 Å². The molecule has 0 spiro atoms. The van der Waals surface area contributed by atoms with Gasteiger partial charge in [0.25, 0.3) is 0 Å². The average Bonchev–Trinajstić information content (AvgIpc) is 1.82. The number of benzene rings is 3. The lowest BCUT2D eigenvalue weighted by molar-refractivity contribution is -0.137. The van der Waals surface area contributed by atoms with Crippen LogP contribution in [-0.2, 0) is 76.8 Å². The molecule has 12 amide bonds. The monoisotopic (exact) mass is 1690 g/mol. The molecule has 13 atom stereocenters. The van der Waals surface area contributed by atoms with Crippen molar-refractivity contribution < 1.29 is 72.9 Å². The first-order valence-electron chi connectivity index (χ1n) is 40.7. The molecule has 1 aromatic heterocycles. The Morgan fingerprint density at radius 1 is 0.388 bits per heavy atom. The van der Waals surface area contributed by atoms with Gasteiger partial charge < -0.3 is 128 Å². The molecule has 2 unspecified atom stereocenters. The summed E-state index contributed by atoms with van der Waals surface area (Å²) in [4.78, 5) is 182. The summed E-state index contributed by atoms with van der Waals surface area (Å²) in [5.41, 5.74) is 24.0. The minimum atomic E-state index is -1.61. The van der Waals surface area contributed by atoms with Gasteiger partial charge in [0.1, 0.15) is 78.0 Å². The molecule has 666 valence electrons. The topological polar surface area (TPSA) is 686 Å². The number of phenols is 2. The summed E-state index contributed by atoms with van der Waals surface area (Å²) in [6, 6.07) is 3.76. The van der Waals surface area contributed by atoms with Crippen LogP contribution in [0.25, 0.3) is 0 Å². The predicted molar refractivity (Wildman–Crippen MR) is 453 cm³/mol. The van der Waals surface area contributed by atoms with E-state index < -0.39 is 180 Å². The van der Waals surface area contributed by atoms with Crippen molar-refractivity contribution in [2.24, 2.45) is 34.8 Å². The van der Waals surface area contributed by atoms with Gasteiger partial charge in [0.05, 0.1) is 18.6 Å². The number of aliphatic hydroxyl groups excluding tert-OH is 1. The zero-order valence-electron chi connectivity index (χ0n) is 69.8. The Morgan fingerprint density at radius 2 is 0.727 bits per heavy atom. The van der Waals surface area contributed by atoms with Crippen molar-refractivity contribution in [1.29, 1.82) is 21.6 Å². The van der Waals surface area contributed by atoms with Crippen LogP contribution >= 0.6 is 0 Å². The Labute approximate surface area is 704 Å². The maximum absolute atomic E-state index is 15.2. The normalized spacial score (nSPS) is 14.2. The molecule has 0 fully saturated rings. The summed E-state index contributed by atoms with van der Waals surface area (Å²) < 4.78 is 0. The zero-order valence-corrected chi connectivity index (χ0v) is 69.8. The van der Waals surface area contributed by atoms with Crippen LogP contribution in [0.15, 0.2) is 91.4 Å². The molecule has 32 N–H and O–H groups in total. The number of nitrogens with one attached hydrogen (secondary N) is 21. The summed E-state index contributed by atoms with van der Waals surface area (Å²) in [6.45, 7) is 11.1. The van der Waals surface area contributed by atoms with Crippen LogP contribution in [0.1, 0.15) is 160 Å². The van der Waals surface area contributed by atoms with E-state index in [4.69, 9.17) is 44.6 Å². The van der Waals surface area contributed by atoms with E-state index >= 15 is 19.2 Å². The number of aromatic nitrogens is 2. The van der Waals surface area contributed by atoms with Gasteiger partial charge in [-0.3, -0.25) is 79.2 Å². The molecule has 0 bridgehead atoms. The third-order valence-electron chi connectivity index (χ3n) is 19.7. The molecule has 3 aromatic carbocycles. The highest BCUT2D eigenvalue weighted by molar-refractivity contribution is 6.00. The molecule has 0 aliphatic carbocycles. The maximum Gasteiger partial charge on any atom is 0.244 e. The van der Waals surface area contributed by atoms with Gasteiger partial charge in [0, 0.05) is 71.0 Å². The van der Waals surface area contributed by atoms with Gasteiger partial charge in [-0.05, 0) is 117 Å². The van der Waals surface area contributed by atoms with E-state index in [-0.39, 0.29) is 134 Å². The van der Waals surface area contributed by atoms with E-state index in [1.165, 1.54) is 68.0 Å². The summed E-state index contributed by atoms with van der Waals surface area (Å²) in [5, 5.41) is 105. The van der Waals surface area contributed by atoms with Crippen LogP contribution in [-0.4, -0.2) is 226 Å². The van der Waals surface area contributed by atoms with Crippen LogP contribution in [0.5, 0.6) is 11.5 Å². The quantitative estimate of drug-likeness (QED) is 0.0123. The Balaban J connectivity index is 1.74. The van der Waals surface area contributed by atoms with Crippen LogP contribution in [0.2, 0.25) is 0 Å². The van der Waals surface area contributed by atoms with Gasteiger partial charge in [-0.15, -0.1) is 0 Å². The van der Waals surface area contributed by atoms with Crippen molar-refractivity contribution in [3.8, 4) is 11.5 Å². The van der Waals surface area contributed by atoms with Crippen molar-refractivity contribution in [3.05, 3.63) is 114 Å². The predicted octanol–water partition coefficient (Wildman–Crippen LogP) is -2.55. The number of carbonyl (C=O) groups is 12. The molecule has 4 aromatic rings. The fourth-order valence-corrected chi connectivity index (χ4v) is 12.9. The van der Waals surface area contributed by atoms with E-state index in [1.54, 1.807) is 65.0 Å². The summed E-state index contributed by atoms with van der Waals surface area (Å²) in [5.74, 6) is -14.4. The number of imidazole rings is 1. The Hall–Kier alpha value is -12.9. The molecular formula is C80H126N26O15. The minimum absolute atomic E-state index is 0.00506. The highest BCUT2D eigenvalue weighted by atomic mass is 16.3. The second-order valence-electron chi connectivity index (χ2n) is 29.8. The second-order valence-corrected chi connectivity index (χ2v) is 29.8. The molecule has 41 heteroatoms. The van der Waals surface area contributed by atoms with Gasteiger partial charge in [-0.25, -0.2) is 4.98 Å². The summed E-state index contributed by atoms with van der Waals surface area (Å²) in [7, 11) is 0. The first-order valence-corrected chi connectivity index (χ1v) is 40.7. The van der Waals surface area contributed by atoms with E-state index in [0.717, 1.165) is 12.8 Å². The number of carbonyl (C=O) groups excluding carboxylic acids is 12. The van der Waals surface area contributed by atoms with Gasteiger partial charge in [-0.2, -0.15) is 0 Å².